The summed E-state index contributed by atoms with van der Waals surface area (Å²) in [6, 6.07) is 20.3. The fraction of sp³-hybridized carbons (Fsp3) is 0.0741. The van der Waals surface area contributed by atoms with Crippen molar-refractivity contribution < 1.29 is 13.2 Å². The Bertz CT molecular complexity index is 1810. The number of fused-ring (bicyclic) bond motifs is 1. The number of ether oxygens (including phenoxy) is 1. The second-order valence-electron chi connectivity index (χ2n) is 8.25. The summed E-state index contributed by atoms with van der Waals surface area (Å²) >= 11 is 6.19. The van der Waals surface area contributed by atoms with Gasteiger partial charge in [-0.1, -0.05) is 23.7 Å². The minimum atomic E-state index is -3.95. The van der Waals surface area contributed by atoms with Crippen LogP contribution in [0.2, 0.25) is 5.02 Å². The monoisotopic (exact) mass is 532 g/mol. The van der Waals surface area contributed by atoms with Crippen LogP contribution in [0.25, 0.3) is 27.7 Å². The molecule has 0 radical (unpaired) electrons. The van der Waals surface area contributed by atoms with Crippen LogP contribution in [-0.4, -0.2) is 30.1 Å². The average molecular weight is 533 g/mol. The second kappa shape index (κ2) is 9.68. The summed E-state index contributed by atoms with van der Waals surface area (Å²) in [5.41, 5.74) is 3.52. The average Bonchev–Trinajstić information content (AvgIpc) is 2.88. The maximum absolute atomic E-state index is 13.1. The highest BCUT2D eigenvalue weighted by Gasteiger charge is 2.19. The maximum atomic E-state index is 13.1. The molecular weight excluding hydrogens is 512 g/mol. The van der Waals surface area contributed by atoms with E-state index in [0.717, 1.165) is 16.7 Å². The highest BCUT2D eigenvalue weighted by atomic mass is 35.5. The van der Waals surface area contributed by atoms with E-state index < -0.39 is 10.0 Å². The van der Waals surface area contributed by atoms with Gasteiger partial charge in [0.25, 0.3) is 15.6 Å². The van der Waals surface area contributed by atoms with E-state index in [1.54, 1.807) is 24.3 Å². The molecule has 0 aliphatic heterocycles. The molecule has 3 aromatic carbocycles. The largest absolute Gasteiger partial charge is 0.495 e. The Morgan fingerprint density at radius 2 is 1.73 bits per heavy atom. The van der Waals surface area contributed by atoms with Crippen LogP contribution in [-0.2, 0) is 10.0 Å². The van der Waals surface area contributed by atoms with Crippen LogP contribution < -0.4 is 15.0 Å². The SMILES string of the molecule is COc1cc(-c2cccc(Cl)c2)c(C)cc1-n1c(=O)ccc2cc(S(=O)(=O)Nc3ncccn3)ccc21. The van der Waals surface area contributed by atoms with Crippen LogP contribution in [0.15, 0.2) is 94.9 Å². The number of rotatable bonds is 6. The predicted octanol–water partition coefficient (Wildman–Crippen LogP) is 5.22. The van der Waals surface area contributed by atoms with Crippen LogP contribution in [0.4, 0.5) is 5.95 Å². The van der Waals surface area contributed by atoms with Gasteiger partial charge in [-0.05, 0) is 78.2 Å². The number of nitrogens with zero attached hydrogens (tertiary/aromatic N) is 3. The Kier molecular flexibility index (Phi) is 6.41. The standard InChI is InChI=1S/C27H21ClN4O4S/c1-17-13-24(25(36-2)16-22(17)18-5-3-6-20(28)14-18)32-23-9-8-21(15-19(23)7-10-26(32)33)37(34,35)31-27-29-11-4-12-30-27/h3-16H,1-2H3,(H,29,30,31). The van der Waals surface area contributed by atoms with Crippen molar-refractivity contribution in [2.75, 3.05) is 11.8 Å². The van der Waals surface area contributed by atoms with Gasteiger partial charge in [0.05, 0.1) is 23.2 Å². The first kappa shape index (κ1) is 24.5. The first-order valence-corrected chi connectivity index (χ1v) is 13.0. The van der Waals surface area contributed by atoms with E-state index in [-0.39, 0.29) is 16.4 Å². The molecule has 0 unspecified atom stereocenters. The molecule has 0 atom stereocenters. The minimum absolute atomic E-state index is 0.0112. The van der Waals surface area contributed by atoms with Gasteiger partial charge in [-0.25, -0.2) is 23.1 Å². The molecule has 5 rings (SSSR count). The van der Waals surface area contributed by atoms with Gasteiger partial charge in [-0.15, -0.1) is 0 Å². The van der Waals surface area contributed by atoms with Gasteiger partial charge in [-0.3, -0.25) is 9.36 Å². The molecule has 0 spiro atoms. The lowest BCUT2D eigenvalue weighted by Crippen LogP contribution is -2.19. The van der Waals surface area contributed by atoms with E-state index in [0.29, 0.717) is 27.4 Å². The number of sulfonamides is 1. The topological polar surface area (TPSA) is 103 Å². The number of nitrogens with one attached hydrogen (secondary N) is 1. The van der Waals surface area contributed by atoms with E-state index in [2.05, 4.69) is 14.7 Å². The lowest BCUT2D eigenvalue weighted by Gasteiger charge is -2.18. The van der Waals surface area contributed by atoms with Gasteiger partial charge in [0, 0.05) is 28.9 Å². The number of anilines is 1. The molecule has 37 heavy (non-hydrogen) atoms. The second-order valence-corrected chi connectivity index (χ2v) is 10.4. The smallest absolute Gasteiger partial charge is 0.264 e. The molecule has 0 saturated carbocycles. The van der Waals surface area contributed by atoms with Gasteiger partial charge >= 0.3 is 0 Å². The number of halogens is 1. The molecule has 0 aliphatic rings. The Morgan fingerprint density at radius 3 is 2.46 bits per heavy atom. The van der Waals surface area contributed by atoms with Gasteiger partial charge in [-0.2, -0.15) is 0 Å². The van der Waals surface area contributed by atoms with Crippen molar-refractivity contribution in [2.24, 2.45) is 0 Å². The van der Waals surface area contributed by atoms with Gasteiger partial charge < -0.3 is 4.74 Å². The third-order valence-corrected chi connectivity index (χ3v) is 7.43. The lowest BCUT2D eigenvalue weighted by atomic mass is 9.99. The Balaban J connectivity index is 1.63. The van der Waals surface area contributed by atoms with Crippen molar-refractivity contribution >= 4 is 38.5 Å². The minimum Gasteiger partial charge on any atom is -0.495 e. The molecule has 1 N–H and O–H groups in total. The van der Waals surface area contributed by atoms with Crippen molar-refractivity contribution in [3.05, 3.63) is 106 Å². The zero-order chi connectivity index (χ0) is 26.2. The zero-order valence-electron chi connectivity index (χ0n) is 19.8. The summed E-state index contributed by atoms with van der Waals surface area (Å²) < 4.78 is 35.4. The zero-order valence-corrected chi connectivity index (χ0v) is 21.4. The third-order valence-electron chi connectivity index (χ3n) is 5.87. The lowest BCUT2D eigenvalue weighted by molar-refractivity contribution is 0.413. The molecule has 2 heterocycles. The molecular formula is C27H21ClN4O4S. The highest BCUT2D eigenvalue weighted by Crippen LogP contribution is 2.35. The fourth-order valence-electron chi connectivity index (χ4n) is 4.15. The number of pyridine rings is 1. The van der Waals surface area contributed by atoms with Crippen LogP contribution in [0.1, 0.15) is 5.56 Å². The first-order valence-electron chi connectivity index (χ1n) is 11.2. The van der Waals surface area contributed by atoms with Crippen molar-refractivity contribution in [3.8, 4) is 22.6 Å². The summed E-state index contributed by atoms with van der Waals surface area (Å²) in [6.07, 6.45) is 2.88. The highest BCUT2D eigenvalue weighted by molar-refractivity contribution is 7.92. The Morgan fingerprint density at radius 1 is 0.946 bits per heavy atom. The molecule has 0 aliphatic carbocycles. The third kappa shape index (κ3) is 4.78. The quantitative estimate of drug-likeness (QED) is 0.321. The summed E-state index contributed by atoms with van der Waals surface area (Å²) in [4.78, 5) is 20.9. The first-order chi connectivity index (χ1) is 17.8. The number of aromatic nitrogens is 3. The van der Waals surface area contributed by atoms with E-state index in [1.807, 2.05) is 37.3 Å². The number of methoxy groups -OCH3 is 1. The molecule has 186 valence electrons. The summed E-state index contributed by atoms with van der Waals surface area (Å²) in [6.45, 7) is 1.94. The Labute approximate surface area is 218 Å². The molecule has 2 aromatic heterocycles. The molecule has 0 saturated heterocycles. The van der Waals surface area contributed by atoms with Crippen LogP contribution >= 0.6 is 11.6 Å². The predicted molar refractivity (Wildman–Crippen MR) is 144 cm³/mol. The maximum Gasteiger partial charge on any atom is 0.264 e. The van der Waals surface area contributed by atoms with E-state index in [4.69, 9.17) is 16.3 Å². The Hall–Kier alpha value is -4.21. The number of hydrogen-bond acceptors (Lipinski definition) is 6. The normalized spacial score (nSPS) is 11.4. The fourth-order valence-corrected chi connectivity index (χ4v) is 5.33. The molecule has 8 nitrogen and oxygen atoms in total. The number of benzene rings is 3. The van der Waals surface area contributed by atoms with Crippen molar-refractivity contribution in [3.63, 3.8) is 0 Å². The van der Waals surface area contributed by atoms with Gasteiger partial charge in [0.15, 0.2) is 0 Å². The van der Waals surface area contributed by atoms with Crippen LogP contribution in [0.5, 0.6) is 5.75 Å². The number of aryl methyl sites for hydroxylation is 1. The van der Waals surface area contributed by atoms with Gasteiger partial charge in [0.2, 0.25) is 5.95 Å². The molecule has 10 heteroatoms. The van der Waals surface area contributed by atoms with Gasteiger partial charge in [0.1, 0.15) is 5.75 Å². The molecule has 0 bridgehead atoms. The van der Waals surface area contributed by atoms with E-state index in [9.17, 15) is 13.2 Å². The summed E-state index contributed by atoms with van der Waals surface area (Å²) in [7, 11) is -2.41. The number of hydrogen-bond donors (Lipinski definition) is 1. The summed E-state index contributed by atoms with van der Waals surface area (Å²) in [5.74, 6) is 0.447. The van der Waals surface area contributed by atoms with Crippen LogP contribution in [0, 0.1) is 6.92 Å². The van der Waals surface area contributed by atoms with E-state index >= 15 is 0 Å². The molecule has 5 aromatic rings. The molecule has 0 amide bonds. The van der Waals surface area contributed by atoms with E-state index in [1.165, 1.54) is 42.3 Å². The van der Waals surface area contributed by atoms with Crippen molar-refractivity contribution in [2.45, 2.75) is 11.8 Å². The molecule has 0 fully saturated rings. The summed E-state index contributed by atoms with van der Waals surface area (Å²) in [5, 5.41) is 1.17. The van der Waals surface area contributed by atoms with Crippen molar-refractivity contribution in [1.82, 2.24) is 14.5 Å². The van der Waals surface area contributed by atoms with Crippen molar-refractivity contribution in [1.29, 1.82) is 0 Å². The van der Waals surface area contributed by atoms with Crippen LogP contribution in [0.3, 0.4) is 0 Å².